The van der Waals surface area contributed by atoms with Gasteiger partial charge in [-0.25, -0.2) is 14.4 Å². The van der Waals surface area contributed by atoms with Gasteiger partial charge in [0.1, 0.15) is 11.6 Å². The van der Waals surface area contributed by atoms with E-state index in [-0.39, 0.29) is 36.0 Å². The van der Waals surface area contributed by atoms with E-state index in [1.165, 1.54) is 17.0 Å². The van der Waals surface area contributed by atoms with Crippen LogP contribution in [0.4, 0.5) is 23.4 Å². The molecule has 1 aromatic carbocycles. The summed E-state index contributed by atoms with van der Waals surface area (Å²) < 4.78 is 58.5. The van der Waals surface area contributed by atoms with Crippen LogP contribution in [-0.4, -0.2) is 55.4 Å². The average Bonchev–Trinajstić information content (AvgIpc) is 3.36. The lowest BCUT2D eigenvalue weighted by molar-refractivity contribution is -0.170. The molecule has 2 amide bonds. The van der Waals surface area contributed by atoms with E-state index in [4.69, 9.17) is 0 Å². The molecule has 0 spiro atoms. The number of hydrogen-bond acceptors (Lipinski definition) is 6. The van der Waals surface area contributed by atoms with E-state index in [0.717, 1.165) is 30.7 Å². The Balaban J connectivity index is 1.80. The first kappa shape index (κ1) is 22.8. The molecule has 0 bridgehead atoms. The molecule has 2 aromatic heterocycles. The van der Waals surface area contributed by atoms with E-state index in [1.54, 1.807) is 18.4 Å². The molecular weight excluding hydrogens is 464 g/mol. The van der Waals surface area contributed by atoms with Crippen LogP contribution in [0.25, 0.3) is 10.8 Å². The number of anilines is 1. The van der Waals surface area contributed by atoms with Crippen LogP contribution in [0.3, 0.4) is 0 Å². The molecule has 0 N–H and O–H groups in total. The van der Waals surface area contributed by atoms with Crippen LogP contribution in [0, 0.1) is 12.7 Å². The summed E-state index contributed by atoms with van der Waals surface area (Å²) in [6, 6.07) is 4.26. The summed E-state index contributed by atoms with van der Waals surface area (Å²) in [5.41, 5.74) is 0.497. The van der Waals surface area contributed by atoms with Crippen molar-refractivity contribution >= 4 is 29.2 Å². The van der Waals surface area contributed by atoms with Crippen LogP contribution in [0.2, 0.25) is 0 Å². The zero-order valence-corrected chi connectivity index (χ0v) is 18.5. The molecule has 174 valence electrons. The number of fused-ring (bicyclic) bond motifs is 1. The van der Waals surface area contributed by atoms with Crippen molar-refractivity contribution in [3.63, 3.8) is 0 Å². The highest BCUT2D eigenvalue weighted by molar-refractivity contribution is 7.09. The number of aromatic nitrogens is 4. The second-order valence-electron chi connectivity index (χ2n) is 7.49. The Labute approximate surface area is 189 Å². The maximum absolute atomic E-state index is 13.3. The molecule has 3 heterocycles. The number of carbonyl (C=O) groups excluding carboxylic acids is 2. The number of imidazole rings is 1. The number of benzene rings is 1. The van der Waals surface area contributed by atoms with E-state index in [0.29, 0.717) is 15.7 Å². The Morgan fingerprint density at radius 2 is 1.82 bits per heavy atom. The third-order valence-corrected chi connectivity index (χ3v) is 6.15. The molecule has 33 heavy (non-hydrogen) atoms. The summed E-state index contributed by atoms with van der Waals surface area (Å²) in [5.74, 6) is -2.47. The van der Waals surface area contributed by atoms with E-state index >= 15 is 0 Å². The van der Waals surface area contributed by atoms with Crippen LogP contribution in [-0.2, 0) is 11.3 Å². The highest BCUT2D eigenvalue weighted by Gasteiger charge is 2.45. The number of amides is 2. The fraction of sp³-hybridized carbons (Fsp3) is 0.350. The normalized spacial score (nSPS) is 16.0. The van der Waals surface area contributed by atoms with Crippen molar-refractivity contribution < 1.29 is 27.2 Å². The van der Waals surface area contributed by atoms with Gasteiger partial charge >= 0.3 is 12.1 Å². The fourth-order valence-electron chi connectivity index (χ4n) is 3.76. The van der Waals surface area contributed by atoms with Gasteiger partial charge in [-0.2, -0.15) is 17.5 Å². The Bertz CT molecular complexity index is 1220. The molecule has 0 radical (unpaired) electrons. The molecular formula is C20H18F4N6O2S. The van der Waals surface area contributed by atoms with Crippen molar-refractivity contribution in [2.45, 2.75) is 32.6 Å². The summed E-state index contributed by atoms with van der Waals surface area (Å²) >= 11 is 1.03. The minimum absolute atomic E-state index is 0.210. The van der Waals surface area contributed by atoms with E-state index in [2.05, 4.69) is 14.3 Å². The highest BCUT2D eigenvalue weighted by atomic mass is 32.1. The van der Waals surface area contributed by atoms with Crippen LogP contribution >= 0.6 is 11.5 Å². The van der Waals surface area contributed by atoms with Gasteiger partial charge in [0.05, 0.1) is 11.7 Å². The number of aryl methyl sites for hydroxylation is 1. The largest absolute Gasteiger partial charge is 0.471 e. The average molecular weight is 482 g/mol. The lowest BCUT2D eigenvalue weighted by Crippen LogP contribution is -2.43. The molecule has 0 fully saturated rings. The molecule has 0 unspecified atom stereocenters. The maximum atomic E-state index is 13.3. The second kappa shape index (κ2) is 8.21. The smallest absolute Gasteiger partial charge is 0.328 e. The summed E-state index contributed by atoms with van der Waals surface area (Å²) in [4.78, 5) is 35.6. The lowest BCUT2D eigenvalue weighted by Gasteiger charge is -2.36. The molecule has 8 nitrogen and oxygen atoms in total. The van der Waals surface area contributed by atoms with Gasteiger partial charge in [-0.15, -0.1) is 0 Å². The van der Waals surface area contributed by atoms with E-state index in [9.17, 15) is 27.2 Å². The fourth-order valence-corrected chi connectivity index (χ4v) is 4.43. The minimum atomic E-state index is -5.10. The number of halogens is 4. The van der Waals surface area contributed by atoms with Gasteiger partial charge in [-0.05, 0) is 49.6 Å². The van der Waals surface area contributed by atoms with Crippen molar-refractivity contribution in [2.75, 3.05) is 18.5 Å². The predicted octanol–water partition coefficient (Wildman–Crippen LogP) is 3.59. The molecule has 1 aliphatic rings. The Kier molecular flexibility index (Phi) is 5.68. The minimum Gasteiger partial charge on any atom is -0.328 e. The summed E-state index contributed by atoms with van der Waals surface area (Å²) in [6.07, 6.45) is -5.10. The molecule has 4 rings (SSSR count). The van der Waals surface area contributed by atoms with Crippen molar-refractivity contribution in [3.8, 4) is 10.8 Å². The van der Waals surface area contributed by atoms with E-state index in [1.807, 2.05) is 0 Å². The molecule has 0 saturated carbocycles. The standard InChI is InChI=1S/C20H18F4N6O2S/c1-10-14-15(28(3)19(32)20(22,23)24)26-16(17-25-11(2)27-33-17)30(14)9-8-29(10)18(31)12-4-6-13(21)7-5-12/h4-7,10H,8-9H2,1-3H3/t10-/m1/s1. The second-order valence-corrected chi connectivity index (χ2v) is 8.24. The summed E-state index contributed by atoms with van der Waals surface area (Å²) in [7, 11) is 0.988. The number of alkyl halides is 3. The monoisotopic (exact) mass is 482 g/mol. The van der Waals surface area contributed by atoms with Crippen LogP contribution < -0.4 is 4.90 Å². The number of nitrogens with zero attached hydrogens (tertiary/aromatic N) is 6. The quantitative estimate of drug-likeness (QED) is 0.533. The third kappa shape index (κ3) is 4.08. The molecule has 0 saturated heterocycles. The van der Waals surface area contributed by atoms with Gasteiger partial charge < -0.3 is 9.47 Å². The Morgan fingerprint density at radius 3 is 2.39 bits per heavy atom. The van der Waals surface area contributed by atoms with Crippen molar-refractivity contribution in [3.05, 3.63) is 47.2 Å². The number of rotatable bonds is 3. The van der Waals surface area contributed by atoms with Gasteiger partial charge in [0.25, 0.3) is 5.91 Å². The van der Waals surface area contributed by atoms with E-state index < -0.39 is 29.8 Å². The third-order valence-electron chi connectivity index (χ3n) is 5.35. The first-order valence-electron chi connectivity index (χ1n) is 9.81. The molecule has 0 aliphatic carbocycles. The number of carbonyl (C=O) groups is 2. The van der Waals surface area contributed by atoms with Gasteiger partial charge in [0.15, 0.2) is 16.6 Å². The van der Waals surface area contributed by atoms with Crippen molar-refractivity contribution in [1.29, 1.82) is 0 Å². The highest BCUT2D eigenvalue weighted by Crippen LogP contribution is 2.39. The van der Waals surface area contributed by atoms with Crippen molar-refractivity contribution in [2.24, 2.45) is 0 Å². The zero-order chi connectivity index (χ0) is 24.1. The molecule has 13 heteroatoms. The SMILES string of the molecule is Cc1nsc(-c2nc(N(C)C(=O)C(F)(F)F)c3n2CCN(C(=O)c2ccc(F)cc2)[C@@H]3C)n1. The predicted molar refractivity (Wildman–Crippen MR) is 111 cm³/mol. The van der Waals surface area contributed by atoms with Gasteiger partial charge in [0.2, 0.25) is 0 Å². The van der Waals surface area contributed by atoms with Crippen LogP contribution in [0.15, 0.2) is 24.3 Å². The first-order valence-corrected chi connectivity index (χ1v) is 10.6. The molecule has 3 aromatic rings. The molecule has 1 atom stereocenters. The zero-order valence-electron chi connectivity index (χ0n) is 17.7. The Hall–Kier alpha value is -3.35. The van der Waals surface area contributed by atoms with Gasteiger partial charge in [-0.3, -0.25) is 14.5 Å². The molecule has 1 aliphatic heterocycles. The van der Waals surface area contributed by atoms with Gasteiger partial charge in [-0.1, -0.05) is 0 Å². The topological polar surface area (TPSA) is 84.2 Å². The number of hydrogen-bond donors (Lipinski definition) is 0. The van der Waals surface area contributed by atoms with Gasteiger partial charge in [0, 0.05) is 25.7 Å². The van der Waals surface area contributed by atoms with Crippen LogP contribution in [0.5, 0.6) is 0 Å². The first-order chi connectivity index (χ1) is 15.5. The maximum Gasteiger partial charge on any atom is 0.471 e. The Morgan fingerprint density at radius 1 is 1.15 bits per heavy atom. The lowest BCUT2D eigenvalue weighted by atomic mass is 10.1. The summed E-state index contributed by atoms with van der Waals surface area (Å²) in [5, 5.41) is 0.387. The van der Waals surface area contributed by atoms with Crippen molar-refractivity contribution in [1.82, 2.24) is 23.8 Å². The van der Waals surface area contributed by atoms with Crippen LogP contribution in [0.1, 0.15) is 34.8 Å². The summed E-state index contributed by atoms with van der Waals surface area (Å²) in [6.45, 7) is 3.74.